The van der Waals surface area contributed by atoms with Crippen molar-refractivity contribution in [1.29, 1.82) is 0 Å². The van der Waals surface area contributed by atoms with E-state index in [1.165, 1.54) is 0 Å². The molecule has 0 aliphatic heterocycles. The van der Waals surface area contributed by atoms with Crippen LogP contribution in [-0.4, -0.2) is 39.2 Å². The molecular formula is C8H4F10O5S2. The molecule has 0 fully saturated rings. The van der Waals surface area contributed by atoms with Crippen LogP contribution in [-0.2, 0) is 25.2 Å². The lowest BCUT2D eigenvalue weighted by Gasteiger charge is -2.28. The molecule has 0 bridgehead atoms. The summed E-state index contributed by atoms with van der Waals surface area (Å²) < 4.78 is 171. The lowest BCUT2D eigenvalue weighted by molar-refractivity contribution is -0.177. The van der Waals surface area contributed by atoms with Gasteiger partial charge in [-0.2, -0.15) is 52.0 Å². The van der Waals surface area contributed by atoms with Crippen molar-refractivity contribution in [2.24, 2.45) is 0 Å². The van der Waals surface area contributed by atoms with Crippen molar-refractivity contribution in [3.05, 3.63) is 24.7 Å². The van der Waals surface area contributed by atoms with Crippen molar-refractivity contribution in [1.82, 2.24) is 0 Å². The normalized spacial score (nSPS) is 15.0. The smallest absolute Gasteiger partial charge is 0.443 e. The van der Waals surface area contributed by atoms with E-state index in [2.05, 4.69) is 4.74 Å². The van der Waals surface area contributed by atoms with E-state index < -0.39 is 54.3 Å². The highest BCUT2D eigenvalue weighted by molar-refractivity contribution is 7.87. The summed E-state index contributed by atoms with van der Waals surface area (Å²) in [6.45, 7) is 3.68. The first-order chi connectivity index (χ1) is 10.5. The van der Waals surface area contributed by atoms with E-state index in [1.54, 1.807) is 0 Å². The van der Waals surface area contributed by atoms with Crippen molar-refractivity contribution in [3.8, 4) is 0 Å². The van der Waals surface area contributed by atoms with Crippen molar-refractivity contribution in [3.63, 3.8) is 0 Å². The van der Waals surface area contributed by atoms with Crippen LogP contribution in [0.1, 0.15) is 0 Å². The van der Waals surface area contributed by atoms with Gasteiger partial charge in [0.15, 0.2) is 11.5 Å². The van der Waals surface area contributed by atoms with Crippen molar-refractivity contribution < 1.29 is 64.5 Å². The average molecular weight is 434 g/mol. The highest BCUT2D eigenvalue weighted by atomic mass is 32.3. The molecule has 0 saturated heterocycles. The zero-order valence-electron chi connectivity index (χ0n) is 11.1. The molecule has 0 amide bonds. The van der Waals surface area contributed by atoms with Crippen LogP contribution in [0.2, 0.25) is 0 Å². The SMILES string of the molecule is C=C(OC(=C)C(F)(F)C(F)(F)S(=O)(=O)F)C(F)(F)C(F)(F)S(=O)(=O)F. The summed E-state index contributed by atoms with van der Waals surface area (Å²) >= 11 is 0. The van der Waals surface area contributed by atoms with Gasteiger partial charge in [0.25, 0.3) is 0 Å². The molecule has 0 aromatic carbocycles. The van der Waals surface area contributed by atoms with Gasteiger partial charge < -0.3 is 4.74 Å². The van der Waals surface area contributed by atoms with Gasteiger partial charge in [-0.25, -0.2) is 0 Å². The minimum Gasteiger partial charge on any atom is -0.454 e. The second-order valence-electron chi connectivity index (χ2n) is 4.01. The Bertz CT molecular complexity index is 716. The van der Waals surface area contributed by atoms with Crippen LogP contribution in [0.15, 0.2) is 24.7 Å². The van der Waals surface area contributed by atoms with Crippen LogP contribution >= 0.6 is 0 Å². The van der Waals surface area contributed by atoms with Gasteiger partial charge in [0.05, 0.1) is 0 Å². The molecule has 0 aliphatic rings. The van der Waals surface area contributed by atoms with E-state index in [0.29, 0.717) is 0 Å². The van der Waals surface area contributed by atoms with Gasteiger partial charge in [0.2, 0.25) is 0 Å². The topological polar surface area (TPSA) is 77.5 Å². The summed E-state index contributed by atoms with van der Waals surface area (Å²) in [6.07, 6.45) is 0. The van der Waals surface area contributed by atoms with E-state index in [0.717, 1.165) is 0 Å². The molecule has 0 spiro atoms. The van der Waals surface area contributed by atoms with Gasteiger partial charge in [-0.15, -0.1) is 0 Å². The molecular weight excluding hydrogens is 430 g/mol. The Balaban J connectivity index is 5.84. The molecule has 0 aromatic rings. The van der Waals surface area contributed by atoms with E-state index in [1.807, 2.05) is 13.2 Å². The van der Waals surface area contributed by atoms with Crippen molar-refractivity contribution >= 4 is 20.4 Å². The molecule has 0 saturated carbocycles. The average Bonchev–Trinajstić information content (AvgIpc) is 2.34. The maximum absolute atomic E-state index is 13.1. The largest absolute Gasteiger partial charge is 0.454 e. The van der Waals surface area contributed by atoms with Crippen LogP contribution in [0.4, 0.5) is 42.9 Å². The predicted molar refractivity (Wildman–Crippen MR) is 59.2 cm³/mol. The second kappa shape index (κ2) is 6.03. The Kier molecular flexibility index (Phi) is 5.66. The third kappa shape index (κ3) is 3.70. The van der Waals surface area contributed by atoms with Gasteiger partial charge in [0.1, 0.15) is 0 Å². The molecule has 0 unspecified atom stereocenters. The highest BCUT2D eigenvalue weighted by Crippen LogP contribution is 2.48. The van der Waals surface area contributed by atoms with Gasteiger partial charge in [-0.3, -0.25) is 0 Å². The summed E-state index contributed by atoms with van der Waals surface area (Å²) in [5, 5.41) is -13.3. The number of alkyl halides is 8. The predicted octanol–water partition coefficient (Wildman–Crippen LogP) is 3.09. The fourth-order valence-corrected chi connectivity index (χ4v) is 1.75. The minimum atomic E-state index is -7.37. The van der Waals surface area contributed by atoms with E-state index >= 15 is 0 Å². The second-order valence-corrected chi connectivity index (χ2v) is 6.78. The van der Waals surface area contributed by atoms with Crippen LogP contribution in [0.25, 0.3) is 0 Å². The molecule has 0 atom stereocenters. The summed E-state index contributed by atoms with van der Waals surface area (Å²) in [6, 6.07) is 0. The van der Waals surface area contributed by atoms with Crippen molar-refractivity contribution in [2.45, 2.75) is 22.4 Å². The summed E-state index contributed by atoms with van der Waals surface area (Å²) in [7, 11) is -14.7. The molecule has 148 valence electrons. The Morgan fingerprint density at radius 2 is 0.840 bits per heavy atom. The number of rotatable bonds is 8. The zero-order chi connectivity index (χ0) is 20.9. The van der Waals surface area contributed by atoms with Gasteiger partial charge in [-0.1, -0.05) is 20.9 Å². The first-order valence-electron chi connectivity index (χ1n) is 5.01. The lowest BCUT2D eigenvalue weighted by atomic mass is 10.2. The van der Waals surface area contributed by atoms with Gasteiger partial charge in [0, 0.05) is 0 Å². The van der Waals surface area contributed by atoms with Crippen LogP contribution in [0.3, 0.4) is 0 Å². The Morgan fingerprint density at radius 1 is 0.640 bits per heavy atom. The summed E-state index contributed by atoms with van der Waals surface area (Å²) in [5.41, 5.74) is 0. The summed E-state index contributed by atoms with van der Waals surface area (Å²) in [4.78, 5) is 0. The van der Waals surface area contributed by atoms with Crippen LogP contribution in [0.5, 0.6) is 0 Å². The molecule has 17 heteroatoms. The molecule has 0 heterocycles. The lowest BCUT2D eigenvalue weighted by Crippen LogP contribution is -2.49. The van der Waals surface area contributed by atoms with E-state index in [4.69, 9.17) is 0 Å². The molecule has 0 aliphatic carbocycles. The Morgan fingerprint density at radius 3 is 1.00 bits per heavy atom. The Hall–Kier alpha value is -1.52. The summed E-state index contributed by atoms with van der Waals surface area (Å²) in [5.74, 6) is -18.7. The third-order valence-electron chi connectivity index (χ3n) is 2.29. The standard InChI is InChI=1S/C8H4F10O5S2/c1-3(5(9,10)7(13,14)24(17,19)20)23-4(2)6(11,12)8(15,16)25(18,21)22/h1-2H2. The van der Waals surface area contributed by atoms with Gasteiger partial charge >= 0.3 is 42.8 Å². The molecule has 5 nitrogen and oxygen atoms in total. The number of halogens is 10. The highest BCUT2D eigenvalue weighted by Gasteiger charge is 2.72. The molecule has 0 aromatic heterocycles. The number of ether oxygens (including phenoxy) is 1. The molecule has 25 heavy (non-hydrogen) atoms. The van der Waals surface area contributed by atoms with Crippen LogP contribution < -0.4 is 0 Å². The number of hydrogen-bond acceptors (Lipinski definition) is 5. The first-order valence-corrected chi connectivity index (χ1v) is 7.78. The maximum Gasteiger partial charge on any atom is 0.443 e. The third-order valence-corrected chi connectivity index (χ3v) is 4.03. The Labute approximate surface area is 133 Å². The molecule has 0 N–H and O–H groups in total. The fraction of sp³-hybridized carbons (Fsp3) is 0.500. The fourth-order valence-electron chi connectivity index (χ4n) is 0.908. The quantitative estimate of drug-likeness (QED) is 0.334. The monoisotopic (exact) mass is 434 g/mol. The molecule has 0 rings (SSSR count). The zero-order valence-corrected chi connectivity index (χ0v) is 12.7. The minimum absolute atomic E-state index is 1.84. The van der Waals surface area contributed by atoms with Crippen molar-refractivity contribution in [2.75, 3.05) is 0 Å². The first kappa shape index (κ1) is 23.5. The molecule has 0 radical (unpaired) electrons. The van der Waals surface area contributed by atoms with E-state index in [-0.39, 0.29) is 0 Å². The maximum atomic E-state index is 13.1. The number of allylic oxidation sites excluding steroid dienone is 2. The number of hydrogen-bond donors (Lipinski definition) is 0. The van der Waals surface area contributed by atoms with Crippen LogP contribution in [0, 0.1) is 0 Å². The van der Waals surface area contributed by atoms with E-state index in [9.17, 15) is 59.7 Å². The van der Waals surface area contributed by atoms with Gasteiger partial charge in [-0.05, 0) is 0 Å².